The third kappa shape index (κ3) is 1.61. The van der Waals surface area contributed by atoms with Crippen molar-refractivity contribution in [3.63, 3.8) is 0 Å². The third-order valence-electron chi connectivity index (χ3n) is 1.66. The van der Waals surface area contributed by atoms with Crippen molar-refractivity contribution in [2.75, 3.05) is 0 Å². The van der Waals surface area contributed by atoms with E-state index in [1.807, 2.05) is 0 Å². The number of hydrogen-bond donors (Lipinski definition) is 1. The van der Waals surface area contributed by atoms with E-state index in [1.54, 1.807) is 0 Å². The Morgan fingerprint density at radius 3 is 2.79 bits per heavy atom. The van der Waals surface area contributed by atoms with E-state index in [0.717, 1.165) is 11.3 Å². The summed E-state index contributed by atoms with van der Waals surface area (Å²) in [5.74, 6) is 0. The van der Waals surface area contributed by atoms with Crippen LogP contribution in [0.3, 0.4) is 0 Å². The zero-order chi connectivity index (χ0) is 10.3. The normalized spacial score (nSPS) is 12.1. The van der Waals surface area contributed by atoms with Crippen LogP contribution in [0.5, 0.6) is 0 Å². The smallest absolute Gasteiger partial charge is 0.225 e. The Morgan fingerprint density at radius 1 is 1.43 bits per heavy atom. The first-order valence-electron chi connectivity index (χ1n) is 3.56. The number of aromatic nitrogens is 1. The Balaban J connectivity index is 2.74. The van der Waals surface area contributed by atoms with Gasteiger partial charge >= 0.3 is 0 Å². The molecule has 0 atom stereocenters. The van der Waals surface area contributed by atoms with Crippen LogP contribution in [0.15, 0.2) is 23.1 Å². The minimum atomic E-state index is -3.73. The number of fused-ring (bicyclic) bond motifs is 1. The maximum Gasteiger partial charge on any atom is 0.270 e. The minimum Gasteiger partial charge on any atom is -0.225 e. The first-order valence-corrected chi connectivity index (χ1v) is 5.92. The van der Waals surface area contributed by atoms with Crippen molar-refractivity contribution in [3.05, 3.63) is 23.5 Å². The summed E-state index contributed by atoms with van der Waals surface area (Å²) in [7, 11) is -3.73. The van der Waals surface area contributed by atoms with Crippen LogP contribution in [0, 0.1) is 5.26 Å². The van der Waals surface area contributed by atoms with Gasteiger partial charge in [-0.1, -0.05) is 11.3 Å². The van der Waals surface area contributed by atoms with Gasteiger partial charge in [0.05, 0.1) is 15.1 Å². The molecule has 0 aliphatic carbocycles. The van der Waals surface area contributed by atoms with E-state index in [2.05, 4.69) is 4.98 Å². The Labute approximate surface area is 83.2 Å². The van der Waals surface area contributed by atoms with Crippen LogP contribution in [0.1, 0.15) is 0 Å². The first-order chi connectivity index (χ1) is 6.47. The Kier molecular flexibility index (Phi) is 2.02. The van der Waals surface area contributed by atoms with Crippen LogP contribution < -0.4 is 5.14 Å². The van der Waals surface area contributed by atoms with Gasteiger partial charge in [-0.25, -0.2) is 18.5 Å². The average molecular weight is 232 g/mol. The maximum absolute atomic E-state index is 12.7. The van der Waals surface area contributed by atoms with E-state index in [9.17, 15) is 12.8 Å². The van der Waals surface area contributed by atoms with E-state index >= 15 is 0 Å². The second-order valence-corrected chi connectivity index (χ2v) is 5.18. The van der Waals surface area contributed by atoms with Crippen LogP contribution in [0.25, 0.3) is 10.2 Å². The molecule has 2 rings (SSSR count). The molecular weight excluding hydrogens is 227 g/mol. The monoisotopic (exact) mass is 232 g/mol. The number of halogens is 1. The van der Waals surface area contributed by atoms with Crippen LogP contribution in [-0.4, -0.2) is 13.4 Å². The largest absolute Gasteiger partial charge is 0.270 e. The van der Waals surface area contributed by atoms with E-state index in [-0.39, 0.29) is 4.90 Å². The number of thiazole rings is 1. The Hall–Kier alpha value is -1.05. The standard InChI is InChI=1S/C7H5FN2O2S2/c8-7-10-5-2-1-4(14(9,11)12)3-6(5)13-7/h1-3H,(H2,9,11,12). The molecule has 1 aromatic heterocycles. The molecule has 1 aromatic carbocycles. The van der Waals surface area contributed by atoms with Gasteiger partial charge in [0.2, 0.25) is 10.0 Å². The second kappa shape index (κ2) is 2.97. The molecule has 0 unspecified atom stereocenters. The van der Waals surface area contributed by atoms with Crippen LogP contribution in [0.2, 0.25) is 0 Å². The molecule has 0 spiro atoms. The number of sulfonamides is 1. The predicted molar refractivity (Wildman–Crippen MR) is 51.0 cm³/mol. The summed E-state index contributed by atoms with van der Waals surface area (Å²) in [6, 6.07) is 4.04. The van der Waals surface area contributed by atoms with Gasteiger partial charge in [-0.3, -0.25) is 0 Å². The van der Waals surface area contributed by atoms with Gasteiger partial charge in [-0.15, -0.1) is 0 Å². The van der Waals surface area contributed by atoms with Gasteiger partial charge in [0.1, 0.15) is 0 Å². The van der Waals surface area contributed by atoms with E-state index in [0.29, 0.717) is 10.2 Å². The predicted octanol–water partition coefficient (Wildman–Crippen LogP) is 1.08. The molecule has 0 saturated carbocycles. The molecule has 14 heavy (non-hydrogen) atoms. The molecule has 74 valence electrons. The molecule has 1 heterocycles. The first kappa shape index (κ1) is 9.50. The molecule has 0 aliphatic heterocycles. The zero-order valence-corrected chi connectivity index (χ0v) is 8.40. The number of benzene rings is 1. The number of rotatable bonds is 1. The highest BCUT2D eigenvalue weighted by atomic mass is 32.2. The van der Waals surface area contributed by atoms with Crippen molar-refractivity contribution in [1.82, 2.24) is 4.98 Å². The van der Waals surface area contributed by atoms with Crippen molar-refractivity contribution >= 4 is 31.6 Å². The lowest BCUT2D eigenvalue weighted by Gasteiger charge is -1.95. The molecule has 0 radical (unpaired) electrons. The lowest BCUT2D eigenvalue weighted by atomic mass is 10.3. The molecule has 0 fully saturated rings. The fourth-order valence-electron chi connectivity index (χ4n) is 1.05. The highest BCUT2D eigenvalue weighted by Gasteiger charge is 2.10. The molecule has 0 bridgehead atoms. The van der Waals surface area contributed by atoms with E-state index in [4.69, 9.17) is 5.14 Å². The zero-order valence-electron chi connectivity index (χ0n) is 6.77. The fourth-order valence-corrected chi connectivity index (χ4v) is 2.40. The number of hydrogen-bond acceptors (Lipinski definition) is 4. The molecule has 2 N–H and O–H groups in total. The van der Waals surface area contributed by atoms with Crippen molar-refractivity contribution in [2.45, 2.75) is 4.90 Å². The lowest BCUT2D eigenvalue weighted by Crippen LogP contribution is -2.11. The highest BCUT2D eigenvalue weighted by Crippen LogP contribution is 2.23. The van der Waals surface area contributed by atoms with E-state index < -0.39 is 15.3 Å². The molecular formula is C7H5FN2O2S2. The summed E-state index contributed by atoms with van der Waals surface area (Å²) in [4.78, 5) is 3.52. The number of nitrogens with zero attached hydrogens (tertiary/aromatic N) is 1. The van der Waals surface area contributed by atoms with Gasteiger partial charge in [0.25, 0.3) is 5.26 Å². The summed E-state index contributed by atoms with van der Waals surface area (Å²) in [5, 5.41) is 4.33. The summed E-state index contributed by atoms with van der Waals surface area (Å²) in [6.07, 6.45) is 0. The van der Waals surface area contributed by atoms with Gasteiger partial charge < -0.3 is 0 Å². The van der Waals surface area contributed by atoms with Gasteiger partial charge in [-0.2, -0.15) is 4.39 Å². The Morgan fingerprint density at radius 2 is 2.14 bits per heavy atom. The molecule has 0 amide bonds. The van der Waals surface area contributed by atoms with E-state index in [1.165, 1.54) is 18.2 Å². The second-order valence-electron chi connectivity index (χ2n) is 2.64. The quantitative estimate of drug-likeness (QED) is 0.799. The van der Waals surface area contributed by atoms with Crippen molar-refractivity contribution < 1.29 is 12.8 Å². The lowest BCUT2D eigenvalue weighted by molar-refractivity contribution is 0.598. The van der Waals surface area contributed by atoms with Crippen molar-refractivity contribution in [3.8, 4) is 0 Å². The summed E-state index contributed by atoms with van der Waals surface area (Å²) >= 11 is 0.785. The molecule has 4 nitrogen and oxygen atoms in total. The fraction of sp³-hybridized carbons (Fsp3) is 0. The SMILES string of the molecule is NS(=O)(=O)c1ccc2nc(F)sc2c1. The average Bonchev–Trinajstić information content (AvgIpc) is 2.41. The highest BCUT2D eigenvalue weighted by molar-refractivity contribution is 7.89. The Bertz CT molecular complexity index is 591. The minimum absolute atomic E-state index is 0.0337. The maximum atomic E-state index is 12.7. The van der Waals surface area contributed by atoms with Gasteiger partial charge in [0, 0.05) is 0 Å². The topological polar surface area (TPSA) is 73.1 Å². The number of primary sulfonamides is 1. The van der Waals surface area contributed by atoms with Crippen LogP contribution in [-0.2, 0) is 10.0 Å². The third-order valence-corrected chi connectivity index (χ3v) is 3.38. The molecule has 0 aliphatic rings. The summed E-state index contributed by atoms with van der Waals surface area (Å²) in [5.41, 5.74) is 0.430. The molecule has 0 saturated heterocycles. The van der Waals surface area contributed by atoms with Crippen LogP contribution in [0.4, 0.5) is 4.39 Å². The molecule has 7 heteroatoms. The van der Waals surface area contributed by atoms with Crippen molar-refractivity contribution in [1.29, 1.82) is 0 Å². The van der Waals surface area contributed by atoms with Gasteiger partial charge in [-0.05, 0) is 18.2 Å². The summed E-state index contributed by atoms with van der Waals surface area (Å²) < 4.78 is 35.0. The van der Waals surface area contributed by atoms with Gasteiger partial charge in [0.15, 0.2) is 0 Å². The van der Waals surface area contributed by atoms with Crippen LogP contribution >= 0.6 is 11.3 Å². The van der Waals surface area contributed by atoms with Crippen molar-refractivity contribution in [2.24, 2.45) is 5.14 Å². The molecule has 2 aromatic rings. The summed E-state index contributed by atoms with van der Waals surface area (Å²) in [6.45, 7) is 0. The number of nitrogens with two attached hydrogens (primary N) is 1.